The minimum absolute atomic E-state index is 0. The van der Waals surface area contributed by atoms with Crippen LogP contribution in [0.2, 0.25) is 0 Å². The van der Waals surface area contributed by atoms with E-state index in [-0.39, 0.29) is 35.1 Å². The van der Waals surface area contributed by atoms with Gasteiger partial charge in [0.25, 0.3) is 0 Å². The zero-order valence-electron chi connectivity index (χ0n) is 7.15. The normalized spacial score (nSPS) is 7.17. The first-order valence-corrected chi connectivity index (χ1v) is 3.02. The molecule has 0 amide bonds. The van der Waals surface area contributed by atoms with Gasteiger partial charge < -0.3 is 15.0 Å². The fourth-order valence-electron chi connectivity index (χ4n) is 0.574. The summed E-state index contributed by atoms with van der Waals surface area (Å²) in [5.74, 6) is -1.13. The Bertz CT molecular complexity index is 211. The second kappa shape index (κ2) is 8.74. The van der Waals surface area contributed by atoms with Gasteiger partial charge in [-0.1, -0.05) is 30.3 Å². The number of carbonyl (C=O) groups excluding carboxylic acids is 1. The van der Waals surface area contributed by atoms with E-state index in [4.69, 9.17) is 5.11 Å². The molecule has 0 aliphatic rings. The molecule has 12 heavy (non-hydrogen) atoms. The number of aromatic carboxylic acids is 1. The molecule has 0 saturated carbocycles. The number of aliphatic hydroxyl groups is 1. The summed E-state index contributed by atoms with van der Waals surface area (Å²) in [6, 6.07) is 8.06. The summed E-state index contributed by atoms with van der Waals surface area (Å²) in [4.78, 5) is 10.1. The van der Waals surface area contributed by atoms with E-state index in [0.717, 1.165) is 7.11 Å². The second-order valence-corrected chi connectivity index (χ2v) is 1.65. The zero-order chi connectivity index (χ0) is 8.69. The SMILES string of the molecule is CO.O=C([O-])c1ccccc1.[Na+]. The summed E-state index contributed by atoms with van der Waals surface area (Å²) in [5.41, 5.74) is 0.220. The Hall–Kier alpha value is -0.350. The van der Waals surface area contributed by atoms with Crippen LogP contribution in [0.3, 0.4) is 0 Å². The quantitative estimate of drug-likeness (QED) is 0.455. The van der Waals surface area contributed by atoms with E-state index in [1.807, 2.05) is 0 Å². The van der Waals surface area contributed by atoms with E-state index in [1.54, 1.807) is 18.2 Å². The smallest absolute Gasteiger partial charge is 0.545 e. The maximum absolute atomic E-state index is 10.1. The third kappa shape index (κ3) is 5.32. The van der Waals surface area contributed by atoms with E-state index in [1.165, 1.54) is 12.1 Å². The third-order valence-electron chi connectivity index (χ3n) is 1.01. The number of rotatable bonds is 1. The minimum Gasteiger partial charge on any atom is -0.545 e. The Morgan fingerprint density at radius 3 is 1.92 bits per heavy atom. The number of carbonyl (C=O) groups is 1. The van der Waals surface area contributed by atoms with Crippen molar-refractivity contribution in [1.82, 2.24) is 0 Å². The van der Waals surface area contributed by atoms with Gasteiger partial charge in [0.1, 0.15) is 0 Å². The first kappa shape index (κ1) is 14.2. The molecule has 4 heteroatoms. The molecular formula is C8H9NaO3. The molecule has 0 bridgehead atoms. The molecule has 0 saturated heterocycles. The van der Waals surface area contributed by atoms with Gasteiger partial charge in [-0.2, -0.15) is 0 Å². The molecule has 0 fully saturated rings. The van der Waals surface area contributed by atoms with Crippen molar-refractivity contribution in [3.05, 3.63) is 35.9 Å². The molecule has 1 aromatic rings. The molecule has 1 rings (SSSR count). The largest absolute Gasteiger partial charge is 1.00 e. The van der Waals surface area contributed by atoms with Crippen LogP contribution in [0.4, 0.5) is 0 Å². The van der Waals surface area contributed by atoms with Crippen molar-refractivity contribution in [1.29, 1.82) is 0 Å². The predicted octanol–water partition coefficient (Wildman–Crippen LogP) is -3.34. The standard InChI is InChI=1S/C7H6O2.CH4O.Na/c8-7(9)6-4-2-1-3-5-6;1-2;/h1-5H,(H,8,9);2H,1H3;/q;;+1/p-1. The zero-order valence-corrected chi connectivity index (χ0v) is 9.15. The average molecular weight is 176 g/mol. The topological polar surface area (TPSA) is 60.4 Å². The average Bonchev–Trinajstić information content (AvgIpc) is 2.10. The molecule has 0 unspecified atom stereocenters. The van der Waals surface area contributed by atoms with Crippen LogP contribution >= 0.6 is 0 Å². The van der Waals surface area contributed by atoms with Crippen molar-refractivity contribution in [2.24, 2.45) is 0 Å². The number of aliphatic hydroxyl groups excluding tert-OH is 1. The van der Waals surface area contributed by atoms with Gasteiger partial charge in [0.05, 0.1) is 5.97 Å². The Labute approximate surface area is 93.3 Å². The minimum atomic E-state index is -1.13. The van der Waals surface area contributed by atoms with Crippen LogP contribution in [0.25, 0.3) is 0 Å². The molecule has 0 aromatic heterocycles. The number of benzene rings is 1. The third-order valence-corrected chi connectivity index (χ3v) is 1.01. The number of hydrogen-bond donors (Lipinski definition) is 1. The summed E-state index contributed by atoms with van der Waals surface area (Å²) >= 11 is 0. The molecular weight excluding hydrogens is 167 g/mol. The van der Waals surface area contributed by atoms with Gasteiger partial charge in [0.15, 0.2) is 0 Å². The monoisotopic (exact) mass is 176 g/mol. The molecule has 0 aliphatic carbocycles. The second-order valence-electron chi connectivity index (χ2n) is 1.65. The molecule has 0 heterocycles. The van der Waals surface area contributed by atoms with E-state index >= 15 is 0 Å². The Morgan fingerprint density at radius 1 is 1.25 bits per heavy atom. The number of hydrogen-bond acceptors (Lipinski definition) is 3. The number of carboxylic acids is 1. The summed E-state index contributed by atoms with van der Waals surface area (Å²) in [6.07, 6.45) is 0. The summed E-state index contributed by atoms with van der Waals surface area (Å²) < 4.78 is 0. The maximum Gasteiger partial charge on any atom is 1.00 e. The summed E-state index contributed by atoms with van der Waals surface area (Å²) in [6.45, 7) is 0. The van der Waals surface area contributed by atoms with E-state index in [9.17, 15) is 9.90 Å². The van der Waals surface area contributed by atoms with Crippen molar-refractivity contribution < 1.29 is 44.6 Å². The van der Waals surface area contributed by atoms with Gasteiger partial charge in [-0.25, -0.2) is 0 Å². The van der Waals surface area contributed by atoms with Crippen LogP contribution in [-0.4, -0.2) is 18.2 Å². The van der Waals surface area contributed by atoms with Crippen molar-refractivity contribution in [2.75, 3.05) is 7.11 Å². The molecule has 1 N–H and O–H groups in total. The fraction of sp³-hybridized carbons (Fsp3) is 0.125. The van der Waals surface area contributed by atoms with Crippen LogP contribution < -0.4 is 34.7 Å². The Balaban J connectivity index is 0. The first-order chi connectivity index (χ1) is 5.30. The van der Waals surface area contributed by atoms with Gasteiger partial charge in [-0.3, -0.25) is 0 Å². The molecule has 1 aromatic carbocycles. The van der Waals surface area contributed by atoms with E-state index < -0.39 is 5.97 Å². The van der Waals surface area contributed by atoms with Gasteiger partial charge >= 0.3 is 29.6 Å². The van der Waals surface area contributed by atoms with Crippen molar-refractivity contribution in [2.45, 2.75) is 0 Å². The van der Waals surface area contributed by atoms with Crippen LogP contribution in [0.5, 0.6) is 0 Å². The van der Waals surface area contributed by atoms with E-state index in [2.05, 4.69) is 0 Å². The van der Waals surface area contributed by atoms with Gasteiger partial charge in [0.2, 0.25) is 0 Å². The van der Waals surface area contributed by atoms with Crippen LogP contribution in [0, 0.1) is 0 Å². The van der Waals surface area contributed by atoms with Crippen molar-refractivity contribution >= 4 is 5.97 Å². The molecule has 0 atom stereocenters. The summed E-state index contributed by atoms with van der Waals surface area (Å²) in [7, 11) is 1.00. The van der Waals surface area contributed by atoms with Crippen molar-refractivity contribution in [3.8, 4) is 0 Å². The molecule has 0 aliphatic heterocycles. The predicted molar refractivity (Wildman–Crippen MR) is 38.9 cm³/mol. The molecule has 0 radical (unpaired) electrons. The Morgan fingerprint density at radius 2 is 1.67 bits per heavy atom. The fourth-order valence-corrected chi connectivity index (χ4v) is 0.574. The van der Waals surface area contributed by atoms with Gasteiger partial charge in [-0.15, -0.1) is 0 Å². The molecule has 0 spiro atoms. The van der Waals surface area contributed by atoms with Crippen LogP contribution in [0.15, 0.2) is 30.3 Å². The van der Waals surface area contributed by atoms with Crippen molar-refractivity contribution in [3.63, 3.8) is 0 Å². The maximum atomic E-state index is 10.1. The number of carboxylic acid groups (broad SMARTS) is 1. The Kier molecular flexibility index (Phi) is 10.3. The summed E-state index contributed by atoms with van der Waals surface area (Å²) in [5, 5.41) is 17.1. The van der Waals surface area contributed by atoms with Crippen LogP contribution in [0.1, 0.15) is 10.4 Å². The first-order valence-electron chi connectivity index (χ1n) is 3.02. The van der Waals surface area contributed by atoms with E-state index in [0.29, 0.717) is 0 Å². The molecule has 60 valence electrons. The molecule has 3 nitrogen and oxygen atoms in total. The van der Waals surface area contributed by atoms with Gasteiger partial charge in [0, 0.05) is 7.11 Å². The van der Waals surface area contributed by atoms with Crippen LogP contribution in [-0.2, 0) is 0 Å². The van der Waals surface area contributed by atoms with Gasteiger partial charge in [-0.05, 0) is 5.56 Å².